The standard InChI is InChI=1S/C14H19N3O2/c1-10(2)17(8-5-9-18)14(19)13-11-6-3-4-7-12(11)15-16-13/h3-4,6-7,10,18H,5,8-9H2,1-2H3,(H,15,16). The summed E-state index contributed by atoms with van der Waals surface area (Å²) in [4.78, 5) is 14.3. The van der Waals surface area contributed by atoms with Crippen LogP contribution in [0.1, 0.15) is 30.8 Å². The molecule has 0 atom stereocenters. The highest BCUT2D eigenvalue weighted by atomic mass is 16.3. The van der Waals surface area contributed by atoms with Crippen LogP contribution in [-0.2, 0) is 0 Å². The lowest BCUT2D eigenvalue weighted by molar-refractivity contribution is 0.0689. The number of aromatic amines is 1. The number of nitrogens with zero attached hydrogens (tertiary/aromatic N) is 2. The Labute approximate surface area is 112 Å². The summed E-state index contributed by atoms with van der Waals surface area (Å²) in [6, 6.07) is 7.65. The summed E-state index contributed by atoms with van der Waals surface area (Å²) >= 11 is 0. The molecular weight excluding hydrogens is 242 g/mol. The number of nitrogens with one attached hydrogen (secondary N) is 1. The number of aromatic nitrogens is 2. The van der Waals surface area contributed by atoms with Gasteiger partial charge >= 0.3 is 0 Å². The van der Waals surface area contributed by atoms with E-state index in [-0.39, 0.29) is 18.6 Å². The van der Waals surface area contributed by atoms with Crippen molar-refractivity contribution in [2.75, 3.05) is 13.2 Å². The predicted octanol–water partition coefficient (Wildman–Crippen LogP) is 1.80. The number of hydrogen-bond acceptors (Lipinski definition) is 3. The summed E-state index contributed by atoms with van der Waals surface area (Å²) in [5.41, 5.74) is 1.30. The summed E-state index contributed by atoms with van der Waals surface area (Å²) in [5.74, 6) is -0.0964. The van der Waals surface area contributed by atoms with Crippen LogP contribution in [0.25, 0.3) is 10.9 Å². The SMILES string of the molecule is CC(C)N(CCCO)C(=O)c1n[nH]c2ccccc12. The number of hydrogen-bond donors (Lipinski definition) is 2. The summed E-state index contributed by atoms with van der Waals surface area (Å²) in [6.07, 6.45) is 0.576. The van der Waals surface area contributed by atoms with Gasteiger partial charge in [0.25, 0.3) is 5.91 Å². The molecule has 102 valence electrons. The molecule has 1 amide bonds. The first kappa shape index (κ1) is 13.5. The molecule has 0 aliphatic heterocycles. The molecule has 0 aliphatic carbocycles. The first-order valence-electron chi connectivity index (χ1n) is 6.50. The van der Waals surface area contributed by atoms with Gasteiger partial charge in [-0.3, -0.25) is 9.89 Å². The van der Waals surface area contributed by atoms with Gasteiger partial charge in [-0.2, -0.15) is 5.10 Å². The molecule has 2 aromatic rings. The van der Waals surface area contributed by atoms with E-state index in [1.165, 1.54) is 0 Å². The molecule has 5 heteroatoms. The number of aliphatic hydroxyl groups excluding tert-OH is 1. The number of H-pyrrole nitrogens is 1. The molecule has 19 heavy (non-hydrogen) atoms. The molecule has 1 aromatic heterocycles. The molecular formula is C14H19N3O2. The van der Waals surface area contributed by atoms with Crippen LogP contribution in [-0.4, -0.2) is 45.3 Å². The molecule has 0 saturated carbocycles. The average Bonchev–Trinajstić information content (AvgIpc) is 2.82. The molecule has 0 saturated heterocycles. The van der Waals surface area contributed by atoms with Gasteiger partial charge in [0.2, 0.25) is 0 Å². The minimum Gasteiger partial charge on any atom is -0.396 e. The third-order valence-electron chi connectivity index (χ3n) is 3.11. The zero-order valence-corrected chi connectivity index (χ0v) is 11.3. The lowest BCUT2D eigenvalue weighted by atomic mass is 10.1. The molecule has 0 aliphatic rings. The molecule has 0 bridgehead atoms. The fourth-order valence-corrected chi connectivity index (χ4v) is 2.10. The van der Waals surface area contributed by atoms with E-state index in [0.29, 0.717) is 18.7 Å². The van der Waals surface area contributed by atoms with Crippen molar-refractivity contribution >= 4 is 16.8 Å². The molecule has 0 spiro atoms. The van der Waals surface area contributed by atoms with Crippen LogP contribution >= 0.6 is 0 Å². The van der Waals surface area contributed by atoms with E-state index >= 15 is 0 Å². The highest BCUT2D eigenvalue weighted by Crippen LogP contribution is 2.18. The number of benzene rings is 1. The van der Waals surface area contributed by atoms with Crippen molar-refractivity contribution in [3.63, 3.8) is 0 Å². The number of fused-ring (bicyclic) bond motifs is 1. The van der Waals surface area contributed by atoms with E-state index < -0.39 is 0 Å². The second-order valence-electron chi connectivity index (χ2n) is 4.79. The summed E-state index contributed by atoms with van der Waals surface area (Å²) < 4.78 is 0. The van der Waals surface area contributed by atoms with E-state index in [1.54, 1.807) is 4.90 Å². The Morgan fingerprint density at radius 2 is 2.16 bits per heavy atom. The number of rotatable bonds is 5. The van der Waals surface area contributed by atoms with Gasteiger partial charge in [-0.05, 0) is 26.3 Å². The third kappa shape index (κ3) is 2.76. The third-order valence-corrected chi connectivity index (χ3v) is 3.11. The Kier molecular flexibility index (Phi) is 4.16. The maximum absolute atomic E-state index is 12.5. The molecule has 1 heterocycles. The zero-order valence-electron chi connectivity index (χ0n) is 11.3. The number of carbonyl (C=O) groups is 1. The lowest BCUT2D eigenvalue weighted by Crippen LogP contribution is -2.38. The molecule has 1 aromatic carbocycles. The summed E-state index contributed by atoms with van der Waals surface area (Å²) in [7, 11) is 0. The van der Waals surface area contributed by atoms with Crippen molar-refractivity contribution in [2.45, 2.75) is 26.3 Å². The van der Waals surface area contributed by atoms with Crippen LogP contribution in [0.5, 0.6) is 0 Å². The van der Waals surface area contributed by atoms with Gasteiger partial charge in [-0.25, -0.2) is 0 Å². The Balaban J connectivity index is 2.30. The lowest BCUT2D eigenvalue weighted by Gasteiger charge is -2.25. The van der Waals surface area contributed by atoms with Gasteiger partial charge in [0.15, 0.2) is 5.69 Å². The minimum atomic E-state index is -0.0964. The maximum Gasteiger partial charge on any atom is 0.275 e. The van der Waals surface area contributed by atoms with E-state index in [4.69, 9.17) is 5.11 Å². The minimum absolute atomic E-state index is 0.0783. The van der Waals surface area contributed by atoms with Crippen molar-refractivity contribution in [3.05, 3.63) is 30.0 Å². The Morgan fingerprint density at radius 3 is 2.84 bits per heavy atom. The summed E-state index contributed by atoms with van der Waals surface area (Å²) in [5, 5.41) is 16.8. The van der Waals surface area contributed by atoms with E-state index in [9.17, 15) is 4.79 Å². The van der Waals surface area contributed by atoms with E-state index in [2.05, 4.69) is 10.2 Å². The summed E-state index contributed by atoms with van der Waals surface area (Å²) in [6.45, 7) is 4.54. The van der Waals surface area contributed by atoms with Gasteiger partial charge in [0.1, 0.15) is 0 Å². The molecule has 2 rings (SSSR count). The first-order valence-corrected chi connectivity index (χ1v) is 6.50. The zero-order chi connectivity index (χ0) is 13.8. The molecule has 5 nitrogen and oxygen atoms in total. The van der Waals surface area contributed by atoms with Crippen LogP contribution in [0.2, 0.25) is 0 Å². The number of para-hydroxylation sites is 1. The fraction of sp³-hybridized carbons (Fsp3) is 0.429. The highest BCUT2D eigenvalue weighted by molar-refractivity contribution is 6.04. The van der Waals surface area contributed by atoms with Crippen molar-refractivity contribution in [2.24, 2.45) is 0 Å². The van der Waals surface area contributed by atoms with Crippen LogP contribution in [0.4, 0.5) is 0 Å². The Hall–Kier alpha value is -1.88. The Morgan fingerprint density at radius 1 is 1.42 bits per heavy atom. The fourth-order valence-electron chi connectivity index (χ4n) is 2.10. The van der Waals surface area contributed by atoms with Gasteiger partial charge < -0.3 is 10.0 Å². The van der Waals surface area contributed by atoms with Gasteiger partial charge in [0.05, 0.1) is 5.52 Å². The Bertz CT molecular complexity index is 563. The molecule has 0 fully saturated rings. The monoisotopic (exact) mass is 261 g/mol. The smallest absolute Gasteiger partial charge is 0.275 e. The number of aliphatic hydroxyl groups is 1. The van der Waals surface area contributed by atoms with Crippen LogP contribution in [0.3, 0.4) is 0 Å². The van der Waals surface area contributed by atoms with Gasteiger partial charge in [-0.15, -0.1) is 0 Å². The number of carbonyl (C=O) groups excluding carboxylic acids is 1. The van der Waals surface area contributed by atoms with Crippen LogP contribution < -0.4 is 0 Å². The van der Waals surface area contributed by atoms with E-state index in [0.717, 1.165) is 10.9 Å². The quantitative estimate of drug-likeness (QED) is 0.862. The largest absolute Gasteiger partial charge is 0.396 e. The van der Waals surface area contributed by atoms with Crippen molar-refractivity contribution in [3.8, 4) is 0 Å². The van der Waals surface area contributed by atoms with Crippen molar-refractivity contribution in [1.29, 1.82) is 0 Å². The highest BCUT2D eigenvalue weighted by Gasteiger charge is 2.22. The van der Waals surface area contributed by atoms with Crippen molar-refractivity contribution < 1.29 is 9.90 Å². The topological polar surface area (TPSA) is 69.2 Å². The van der Waals surface area contributed by atoms with Crippen LogP contribution in [0, 0.1) is 0 Å². The van der Waals surface area contributed by atoms with Crippen molar-refractivity contribution in [1.82, 2.24) is 15.1 Å². The normalized spacial score (nSPS) is 11.2. The number of amides is 1. The van der Waals surface area contributed by atoms with Crippen LogP contribution in [0.15, 0.2) is 24.3 Å². The van der Waals surface area contributed by atoms with Gasteiger partial charge in [0, 0.05) is 24.6 Å². The van der Waals surface area contributed by atoms with Gasteiger partial charge in [-0.1, -0.05) is 18.2 Å². The maximum atomic E-state index is 12.5. The first-order chi connectivity index (χ1) is 9.15. The molecule has 0 unspecified atom stereocenters. The molecule has 0 radical (unpaired) electrons. The average molecular weight is 261 g/mol. The van der Waals surface area contributed by atoms with E-state index in [1.807, 2.05) is 38.1 Å². The predicted molar refractivity (Wildman–Crippen MR) is 74.0 cm³/mol. The second-order valence-corrected chi connectivity index (χ2v) is 4.79. The molecule has 2 N–H and O–H groups in total. The second kappa shape index (κ2) is 5.84.